The van der Waals surface area contributed by atoms with Gasteiger partial charge in [-0.05, 0) is 162 Å². The van der Waals surface area contributed by atoms with Crippen molar-refractivity contribution in [1.82, 2.24) is 79.6 Å². The first-order valence-corrected chi connectivity index (χ1v) is 48.2. The van der Waals surface area contributed by atoms with Crippen molar-refractivity contribution in [2.75, 3.05) is 46.1 Å². The number of amides is 6. The van der Waals surface area contributed by atoms with E-state index in [0.29, 0.717) is 130 Å². The van der Waals surface area contributed by atoms with Gasteiger partial charge in [0.15, 0.2) is 23.2 Å². The van der Waals surface area contributed by atoms with Crippen molar-refractivity contribution in [2.24, 2.45) is 28.9 Å². The summed E-state index contributed by atoms with van der Waals surface area (Å²) < 4.78 is 53.9. The smallest absolute Gasteiger partial charge is 0.410 e. The lowest BCUT2D eigenvalue weighted by Gasteiger charge is -2.29. The molecule has 15 N–H and O–H groups in total. The van der Waals surface area contributed by atoms with Crippen LogP contribution in [0.5, 0.6) is 5.75 Å². The maximum Gasteiger partial charge on any atom is 0.410 e. The van der Waals surface area contributed by atoms with E-state index in [9.17, 15) is 38.7 Å². The summed E-state index contributed by atoms with van der Waals surface area (Å²) in [6.45, 7) is 17.4. The quantitative estimate of drug-likeness (QED) is 0.00963. The summed E-state index contributed by atoms with van der Waals surface area (Å²) in [5.41, 5.74) is 29.4. The topological polar surface area (TPSA) is 497 Å². The van der Waals surface area contributed by atoms with Crippen LogP contribution in [0.3, 0.4) is 0 Å². The number of nitrogens with one attached hydrogen (secondary N) is 5. The number of aliphatic hydroxyl groups is 2. The molecule has 14 aromatic rings. The summed E-state index contributed by atoms with van der Waals surface area (Å²) in [7, 11) is 0. The first-order chi connectivity index (χ1) is 69.7. The lowest BCUT2D eigenvalue weighted by Crippen LogP contribution is -2.51. The number of pyridine rings is 3. The molecule has 37 nitrogen and oxygen atoms in total. The second-order valence-corrected chi connectivity index (χ2v) is 37.8. The number of ether oxygens (including phenoxy) is 8. The molecule has 8 heterocycles. The Morgan fingerprint density at radius 1 is 0.434 bits per heavy atom. The fraction of sp³-hybridized carbons (Fsp3) is 0.361. The Bertz CT molecular complexity index is 6560. The predicted molar refractivity (Wildman–Crippen MR) is 543 cm³/mol. The molecule has 1 aliphatic heterocycles. The number of carbonyl (C=O) groups is 7. The average Bonchev–Trinajstić information content (AvgIpc) is 1.66. The lowest BCUT2D eigenvalue weighted by atomic mass is 10.1. The number of esters is 1. The summed E-state index contributed by atoms with van der Waals surface area (Å²) in [6.07, 6.45) is 5.90. The molecule has 1 aliphatic carbocycles. The van der Waals surface area contributed by atoms with Gasteiger partial charge < -0.3 is 102 Å². The Balaban J connectivity index is 0.000000162. The van der Waals surface area contributed by atoms with E-state index < -0.39 is 64.6 Å². The zero-order valence-electron chi connectivity index (χ0n) is 82.9. The van der Waals surface area contributed by atoms with Gasteiger partial charge in [0.2, 0.25) is 29.3 Å². The van der Waals surface area contributed by atoms with E-state index in [0.717, 1.165) is 55.2 Å². The average molecular weight is 1980 g/mol. The highest BCUT2D eigenvalue weighted by Gasteiger charge is 2.37. The normalized spacial score (nSPS) is 14.4. The summed E-state index contributed by atoms with van der Waals surface area (Å²) in [6, 6.07) is 75.5. The Morgan fingerprint density at radius 3 is 1.32 bits per heavy atom. The van der Waals surface area contributed by atoms with Gasteiger partial charge in [-0.2, -0.15) is 0 Å². The van der Waals surface area contributed by atoms with Gasteiger partial charge in [0, 0.05) is 32.4 Å². The molecule has 7 aromatic carbocycles. The van der Waals surface area contributed by atoms with E-state index in [1.807, 2.05) is 262 Å². The summed E-state index contributed by atoms with van der Waals surface area (Å²) in [5, 5.41) is 52.6. The Labute approximate surface area is 841 Å². The maximum absolute atomic E-state index is 12.9. The van der Waals surface area contributed by atoms with Crippen LogP contribution in [0.25, 0.3) is 27.5 Å². The highest BCUT2D eigenvalue weighted by Crippen LogP contribution is 2.31. The van der Waals surface area contributed by atoms with Gasteiger partial charge >= 0.3 is 18.2 Å². The molecule has 6 amide bonds. The van der Waals surface area contributed by atoms with E-state index in [-0.39, 0.29) is 94.9 Å². The molecule has 0 spiro atoms. The van der Waals surface area contributed by atoms with Crippen molar-refractivity contribution >= 4 is 69.2 Å². The zero-order chi connectivity index (χ0) is 103. The second-order valence-electron chi connectivity index (χ2n) is 37.8. The maximum atomic E-state index is 12.9. The monoisotopic (exact) mass is 1980 g/mol. The van der Waals surface area contributed by atoms with Crippen molar-refractivity contribution in [1.29, 1.82) is 0 Å². The SMILES string of the molecule is CC(C)(N)C(=O)N[C@H](COCc1ccccc1)c1ncc2cccc(COC(=O)C3CC[C@@H](O)C3)n12.CC(C)(N)C(=O)N[C@H](COCc1ccccc1)c1ncc2cccc(COC(=O)NCCCO)n12.CC(C)(N)C(=O)N[C@H](COCc1ccccc1)c1nnc2c(OCc3ccccc3)cccn12.CC(C)(N)C(=O)N[C@H](COCc1ccccc1)c1nnc2n1CCN(C(=O)OCc1cccc3ccccc13)C2. The minimum Gasteiger partial charge on any atom is -0.485 e. The molecule has 37 heteroatoms. The number of aliphatic hydroxyl groups excluding tert-OH is 2. The Hall–Kier alpha value is -14.8. The number of carbonyl (C=O) groups excluding carboxylic acids is 7. The number of fused-ring (bicyclic) bond motifs is 5. The van der Waals surface area contributed by atoms with E-state index in [2.05, 4.69) is 56.9 Å². The highest BCUT2D eigenvalue weighted by molar-refractivity contribution is 5.88. The van der Waals surface area contributed by atoms with Crippen LogP contribution in [0.4, 0.5) is 9.59 Å². The van der Waals surface area contributed by atoms with Crippen LogP contribution < -0.4 is 54.3 Å². The molecule has 0 bridgehead atoms. The van der Waals surface area contributed by atoms with Gasteiger partial charge in [-0.1, -0.05) is 206 Å². The first kappa shape index (κ1) is 108. The number of hydrogen-bond donors (Lipinski definition) is 11. The number of nitrogens with zero attached hydrogens (tertiary/aromatic N) is 11. The number of imidazole rings is 2. The molecule has 145 heavy (non-hydrogen) atoms. The highest BCUT2D eigenvalue weighted by atomic mass is 16.6. The van der Waals surface area contributed by atoms with Gasteiger partial charge in [0.05, 0.1) is 128 Å². The summed E-state index contributed by atoms with van der Waals surface area (Å²) in [5.74, 6) is 1.46. The van der Waals surface area contributed by atoms with Crippen LogP contribution >= 0.6 is 0 Å². The number of nitrogens with two attached hydrogens (primary N) is 4. The van der Waals surface area contributed by atoms with Crippen molar-refractivity contribution in [3.05, 3.63) is 335 Å². The van der Waals surface area contributed by atoms with E-state index >= 15 is 0 Å². The molecule has 0 radical (unpaired) electrons. The van der Waals surface area contributed by atoms with Crippen molar-refractivity contribution in [3.8, 4) is 5.75 Å². The standard InChI is InChI=1S/C30H34N6O4.C27H34N4O5.C26H29N5O3.C25H33N5O5/c1-30(2,31)28(37)32-25(20-39-18-21-9-4-3-5-10-21)27-34-33-26-17-35(15-16-36(26)27)29(38)40-19-23-13-8-12-22-11-6-7-14-24(22)23;1-27(2,28)26(34)30-23(17-35-15-18-7-4-3-5-8-18)24-29-14-20-9-6-10-21(31(20)24)16-36-25(33)19-11-12-22(32)13-19;1-26(2,27)25(32)28-21(18-33-16-19-10-5-3-6-11-19)23-29-30-24-22(14-9-15-31(23)24)34-17-20-12-7-4-8-13-20;1-25(2,26)23(32)29-21(17-34-15-18-8-4-3-5-9-18)22-28-14-19-10-6-11-20(30(19)22)16-35-24(33)27-12-7-13-31/h3-14,25H,15-20,31H2,1-2H3,(H,32,37);3-10,14,19,22-23,32H,11-13,15-17,28H2,1-2H3,(H,30,34);3-15,21H,16-18,27H2,1-2H3,(H,28,32);3-6,8-11,14,21,31H,7,12-13,15-17,26H2,1-2H3,(H,27,33)(H,29,32)/t25-;19?,22-,23-;2*21-/m1111/s1. The van der Waals surface area contributed by atoms with Gasteiger partial charge in [-0.3, -0.25) is 42.1 Å². The number of aromatic nitrogens is 10. The first-order valence-electron chi connectivity index (χ1n) is 48.2. The van der Waals surface area contributed by atoms with Crippen LogP contribution in [0, 0.1) is 5.92 Å². The van der Waals surface area contributed by atoms with Crippen LogP contribution in [0.1, 0.15) is 179 Å². The van der Waals surface area contributed by atoms with Gasteiger partial charge in [0.25, 0.3) is 0 Å². The molecule has 7 aromatic heterocycles. The van der Waals surface area contributed by atoms with Crippen molar-refractivity contribution < 1.29 is 81.7 Å². The molecule has 0 saturated heterocycles. The fourth-order valence-corrected chi connectivity index (χ4v) is 15.7. The number of rotatable bonds is 41. The summed E-state index contributed by atoms with van der Waals surface area (Å²) >= 11 is 0. The van der Waals surface area contributed by atoms with Gasteiger partial charge in [-0.15, -0.1) is 20.4 Å². The molecular weight excluding hydrogens is 1850 g/mol. The molecular formula is C108H130N20O17. The van der Waals surface area contributed by atoms with Crippen LogP contribution in [-0.4, -0.2) is 179 Å². The number of hydrogen-bond acceptors (Lipinski definition) is 27. The van der Waals surface area contributed by atoms with Crippen molar-refractivity contribution in [2.45, 2.75) is 199 Å². The fourth-order valence-electron chi connectivity index (χ4n) is 15.7. The summed E-state index contributed by atoms with van der Waals surface area (Å²) in [4.78, 5) is 99.2. The third kappa shape index (κ3) is 31.1. The van der Waals surface area contributed by atoms with Crippen LogP contribution in [0.15, 0.2) is 261 Å². The predicted octanol–water partition coefficient (Wildman–Crippen LogP) is 11.8. The molecule has 1 saturated carbocycles. The molecule has 764 valence electrons. The third-order valence-electron chi connectivity index (χ3n) is 23.7. The Kier molecular flexibility index (Phi) is 38.1. The van der Waals surface area contributed by atoms with Crippen LogP contribution in [0.2, 0.25) is 0 Å². The molecule has 1 fully saturated rings. The van der Waals surface area contributed by atoms with Gasteiger partial charge in [0.1, 0.15) is 62.2 Å². The van der Waals surface area contributed by atoms with Gasteiger partial charge in [-0.25, -0.2) is 19.6 Å². The minimum absolute atomic E-state index is 0.0143. The zero-order valence-corrected chi connectivity index (χ0v) is 82.9. The van der Waals surface area contributed by atoms with E-state index in [4.69, 9.17) is 65.9 Å². The van der Waals surface area contributed by atoms with Crippen molar-refractivity contribution in [3.63, 3.8) is 0 Å². The largest absolute Gasteiger partial charge is 0.485 e. The lowest BCUT2D eigenvalue weighted by molar-refractivity contribution is -0.150. The second kappa shape index (κ2) is 51.4. The minimum atomic E-state index is -1.09. The molecule has 6 atom stereocenters. The third-order valence-corrected chi connectivity index (χ3v) is 23.7. The van der Waals surface area contributed by atoms with E-state index in [1.165, 1.54) is 0 Å². The molecule has 2 aliphatic rings. The number of alkyl carbamates (subject to hydrolysis) is 1. The molecule has 1 unspecified atom stereocenters. The van der Waals surface area contributed by atoms with Crippen LogP contribution in [-0.2, 0) is 123 Å². The van der Waals surface area contributed by atoms with E-state index in [1.54, 1.807) is 77.1 Å². The number of benzene rings is 7. The Morgan fingerprint density at radius 2 is 0.862 bits per heavy atom. The molecule has 16 rings (SSSR count).